The second-order valence-corrected chi connectivity index (χ2v) is 5.82. The fraction of sp³-hybridized carbons (Fsp3) is 0.429. The molecule has 2 aromatic rings. The summed E-state index contributed by atoms with van der Waals surface area (Å²) in [6, 6.07) is 6.57. The highest BCUT2D eigenvalue weighted by molar-refractivity contribution is 5.80. The summed E-state index contributed by atoms with van der Waals surface area (Å²) < 4.78 is 2.42. The van der Waals surface area contributed by atoms with Crippen molar-refractivity contribution in [2.24, 2.45) is 0 Å². The van der Waals surface area contributed by atoms with Crippen LogP contribution in [0.1, 0.15) is 13.8 Å². The molecule has 2 N–H and O–H groups in total. The van der Waals surface area contributed by atoms with Gasteiger partial charge in [0.1, 0.15) is 11.2 Å². The average molecular weight is 276 g/mol. The molecule has 2 atom stereocenters. The Morgan fingerprint density at radius 3 is 1.60 bits per heavy atom. The van der Waals surface area contributed by atoms with E-state index in [0.717, 1.165) is 0 Å². The SMILES string of the molecule is CC1(O)Cn2c(=O)c3ccccc3c(=O)n2CC1(C)O. The summed E-state index contributed by atoms with van der Waals surface area (Å²) in [6.07, 6.45) is 0. The third-order valence-corrected chi connectivity index (χ3v) is 4.22. The van der Waals surface area contributed by atoms with Crippen LogP contribution >= 0.6 is 0 Å². The molecule has 6 heteroatoms. The van der Waals surface area contributed by atoms with Crippen molar-refractivity contribution in [2.45, 2.75) is 38.1 Å². The highest BCUT2D eigenvalue weighted by Crippen LogP contribution is 2.28. The van der Waals surface area contributed by atoms with Crippen LogP contribution < -0.4 is 11.1 Å². The lowest BCUT2D eigenvalue weighted by molar-refractivity contribution is -0.170. The van der Waals surface area contributed by atoms with E-state index >= 15 is 0 Å². The molecule has 0 spiro atoms. The molecular formula is C14H16N2O4. The quantitative estimate of drug-likeness (QED) is 0.690. The van der Waals surface area contributed by atoms with Gasteiger partial charge in [-0.15, -0.1) is 0 Å². The number of fused-ring (bicyclic) bond motifs is 2. The Bertz CT molecular complexity index is 746. The third-order valence-electron chi connectivity index (χ3n) is 4.22. The monoisotopic (exact) mass is 276 g/mol. The van der Waals surface area contributed by atoms with Crippen LogP contribution in [0.25, 0.3) is 10.8 Å². The first kappa shape index (κ1) is 13.1. The number of hydrogen-bond donors (Lipinski definition) is 2. The molecule has 0 aliphatic carbocycles. The van der Waals surface area contributed by atoms with Crippen molar-refractivity contribution in [1.82, 2.24) is 9.36 Å². The molecule has 0 amide bonds. The maximum Gasteiger partial charge on any atom is 0.273 e. The topological polar surface area (TPSA) is 84.5 Å². The summed E-state index contributed by atoms with van der Waals surface area (Å²) in [5.74, 6) is 0. The highest BCUT2D eigenvalue weighted by atomic mass is 16.4. The number of hydrogen-bond acceptors (Lipinski definition) is 4. The van der Waals surface area contributed by atoms with Crippen LogP contribution in [0.4, 0.5) is 0 Å². The van der Waals surface area contributed by atoms with Crippen LogP contribution in [0.2, 0.25) is 0 Å². The molecule has 0 saturated carbocycles. The number of benzene rings is 1. The number of nitrogens with zero attached hydrogens (tertiary/aromatic N) is 2. The Kier molecular flexibility index (Phi) is 2.49. The standard InChI is InChI=1S/C14H16N2O4/c1-13(19)7-15-11(17)9-5-3-4-6-10(9)12(18)16(15)8-14(13,2)20/h3-6,19-20H,7-8H2,1-2H3. The molecule has 20 heavy (non-hydrogen) atoms. The zero-order chi connectivity index (χ0) is 14.7. The minimum Gasteiger partial charge on any atom is -0.385 e. The van der Waals surface area contributed by atoms with Gasteiger partial charge in [0.15, 0.2) is 0 Å². The zero-order valence-electron chi connectivity index (χ0n) is 11.3. The second kappa shape index (κ2) is 3.80. The molecule has 0 bridgehead atoms. The van der Waals surface area contributed by atoms with Gasteiger partial charge in [-0.3, -0.25) is 9.59 Å². The zero-order valence-corrected chi connectivity index (χ0v) is 11.3. The van der Waals surface area contributed by atoms with E-state index in [4.69, 9.17) is 0 Å². The van der Waals surface area contributed by atoms with Crippen LogP contribution in [-0.2, 0) is 13.1 Å². The van der Waals surface area contributed by atoms with Crippen molar-refractivity contribution in [3.05, 3.63) is 45.0 Å². The van der Waals surface area contributed by atoms with Crippen molar-refractivity contribution < 1.29 is 10.2 Å². The lowest BCUT2D eigenvalue weighted by Crippen LogP contribution is -2.63. The lowest BCUT2D eigenvalue weighted by atomic mass is 9.84. The summed E-state index contributed by atoms with van der Waals surface area (Å²) in [6.45, 7) is 2.67. The third kappa shape index (κ3) is 1.58. The van der Waals surface area contributed by atoms with Crippen LogP contribution in [0.3, 0.4) is 0 Å². The highest BCUT2D eigenvalue weighted by Gasteiger charge is 2.47. The Labute approximate surface area is 114 Å². The molecule has 1 aromatic carbocycles. The fourth-order valence-electron chi connectivity index (χ4n) is 2.59. The fourth-order valence-corrected chi connectivity index (χ4v) is 2.59. The molecule has 106 valence electrons. The van der Waals surface area contributed by atoms with Gasteiger partial charge in [0, 0.05) is 0 Å². The lowest BCUT2D eigenvalue weighted by Gasteiger charge is -2.44. The smallest absolute Gasteiger partial charge is 0.273 e. The van der Waals surface area contributed by atoms with Gasteiger partial charge in [-0.25, -0.2) is 9.36 Å². The molecule has 6 nitrogen and oxygen atoms in total. The number of aliphatic hydroxyl groups is 2. The summed E-state index contributed by atoms with van der Waals surface area (Å²) in [4.78, 5) is 24.9. The number of rotatable bonds is 0. The van der Waals surface area contributed by atoms with Crippen LogP contribution in [0, 0.1) is 0 Å². The van der Waals surface area contributed by atoms with Gasteiger partial charge >= 0.3 is 0 Å². The minimum absolute atomic E-state index is 0.126. The van der Waals surface area contributed by atoms with Crippen molar-refractivity contribution in [3.8, 4) is 0 Å². The normalized spacial score (nSPS) is 29.4. The average Bonchev–Trinajstić information content (AvgIpc) is 2.38. The van der Waals surface area contributed by atoms with E-state index in [1.54, 1.807) is 24.3 Å². The maximum absolute atomic E-state index is 12.4. The van der Waals surface area contributed by atoms with Gasteiger partial charge in [0.2, 0.25) is 0 Å². The Hall–Kier alpha value is -1.92. The van der Waals surface area contributed by atoms with E-state index in [1.807, 2.05) is 0 Å². The van der Waals surface area contributed by atoms with Crippen LogP contribution in [0.15, 0.2) is 33.9 Å². The predicted octanol–water partition coefficient (Wildman–Crippen LogP) is -0.321. The Balaban J connectivity index is 2.42. The van der Waals surface area contributed by atoms with E-state index in [2.05, 4.69) is 0 Å². The van der Waals surface area contributed by atoms with E-state index in [9.17, 15) is 19.8 Å². The maximum atomic E-state index is 12.4. The Morgan fingerprint density at radius 2 is 1.25 bits per heavy atom. The van der Waals surface area contributed by atoms with Gasteiger partial charge < -0.3 is 10.2 Å². The summed E-state index contributed by atoms with van der Waals surface area (Å²) in [5, 5.41) is 21.3. The van der Waals surface area contributed by atoms with Crippen molar-refractivity contribution in [1.29, 1.82) is 0 Å². The van der Waals surface area contributed by atoms with Crippen molar-refractivity contribution >= 4 is 10.8 Å². The second-order valence-electron chi connectivity index (χ2n) is 5.82. The van der Waals surface area contributed by atoms with E-state index in [1.165, 1.54) is 23.2 Å². The molecule has 3 rings (SSSR count). The van der Waals surface area contributed by atoms with Crippen LogP contribution in [0.5, 0.6) is 0 Å². The van der Waals surface area contributed by atoms with Gasteiger partial charge in [0.25, 0.3) is 11.1 Å². The first-order valence-corrected chi connectivity index (χ1v) is 6.42. The molecule has 1 aliphatic heterocycles. The molecule has 2 unspecified atom stereocenters. The molecule has 1 aromatic heterocycles. The predicted molar refractivity (Wildman–Crippen MR) is 73.7 cm³/mol. The van der Waals surface area contributed by atoms with Gasteiger partial charge in [-0.1, -0.05) is 12.1 Å². The van der Waals surface area contributed by atoms with E-state index < -0.39 is 11.2 Å². The van der Waals surface area contributed by atoms with Crippen molar-refractivity contribution in [2.75, 3.05) is 0 Å². The van der Waals surface area contributed by atoms with Crippen LogP contribution in [-0.4, -0.2) is 30.8 Å². The van der Waals surface area contributed by atoms with Gasteiger partial charge in [-0.2, -0.15) is 0 Å². The molecule has 0 fully saturated rings. The minimum atomic E-state index is -1.48. The first-order chi connectivity index (χ1) is 9.24. The molecular weight excluding hydrogens is 260 g/mol. The Morgan fingerprint density at radius 1 is 0.900 bits per heavy atom. The van der Waals surface area contributed by atoms with E-state index in [0.29, 0.717) is 10.8 Å². The largest absolute Gasteiger partial charge is 0.385 e. The molecule has 1 aliphatic rings. The number of aromatic nitrogens is 2. The summed E-state index contributed by atoms with van der Waals surface area (Å²) in [7, 11) is 0. The summed E-state index contributed by atoms with van der Waals surface area (Å²) in [5.41, 5.74) is -3.63. The summed E-state index contributed by atoms with van der Waals surface area (Å²) >= 11 is 0. The molecule has 0 radical (unpaired) electrons. The molecule has 0 saturated heterocycles. The van der Waals surface area contributed by atoms with Crippen molar-refractivity contribution in [3.63, 3.8) is 0 Å². The first-order valence-electron chi connectivity index (χ1n) is 6.42. The van der Waals surface area contributed by atoms with E-state index in [-0.39, 0.29) is 24.2 Å². The molecule has 2 heterocycles. The van der Waals surface area contributed by atoms with Gasteiger partial charge in [-0.05, 0) is 26.0 Å². The van der Waals surface area contributed by atoms with Gasteiger partial charge in [0.05, 0.1) is 23.9 Å².